The molecule has 0 heterocycles. The smallest absolute Gasteiger partial charge is 0.294 e. The second-order valence-electron chi connectivity index (χ2n) is 9.86. The molecule has 0 spiro atoms. The van der Waals surface area contributed by atoms with Gasteiger partial charge in [0.05, 0.1) is 0 Å². The Morgan fingerprint density at radius 1 is 0.757 bits per heavy atom. The summed E-state index contributed by atoms with van der Waals surface area (Å²) in [7, 11) is -4.51. The molecule has 0 saturated carbocycles. The van der Waals surface area contributed by atoms with E-state index in [1.807, 2.05) is 51.1 Å². The predicted octanol–water partition coefficient (Wildman–Crippen LogP) is 7.26. The van der Waals surface area contributed by atoms with Crippen molar-refractivity contribution in [2.45, 2.75) is 50.0 Å². The Bertz CT molecular complexity index is 1460. The molecule has 0 aliphatic rings. The van der Waals surface area contributed by atoms with Gasteiger partial charge in [-0.3, -0.25) is 4.55 Å². The van der Waals surface area contributed by atoms with E-state index in [4.69, 9.17) is 4.74 Å². The lowest BCUT2D eigenvalue weighted by Gasteiger charge is -2.28. The summed E-state index contributed by atoms with van der Waals surface area (Å²) in [5.74, 6) is 0.763. The van der Waals surface area contributed by atoms with Gasteiger partial charge in [-0.05, 0) is 52.9 Å². The lowest BCUT2D eigenvalue weighted by molar-refractivity contribution is 0.227. The molecule has 0 fully saturated rings. The SMILES string of the molecule is CC(Oc1ccc(C(C)(C)c2ccc(O)cc2S(=O)(=O)O)cc1)c1ccc(C(C)c2ccccc2)cc1. The third-order valence-corrected chi connectivity index (χ3v) is 7.90. The van der Waals surface area contributed by atoms with Crippen molar-refractivity contribution in [2.75, 3.05) is 0 Å². The number of phenols is 1. The highest BCUT2D eigenvalue weighted by Crippen LogP contribution is 2.38. The normalized spacial score (nSPS) is 13.6. The van der Waals surface area contributed by atoms with Crippen LogP contribution in [0.4, 0.5) is 0 Å². The molecule has 2 unspecified atom stereocenters. The minimum atomic E-state index is -4.51. The molecule has 0 aliphatic heterocycles. The summed E-state index contributed by atoms with van der Waals surface area (Å²) in [6, 6.07) is 30.4. The topological polar surface area (TPSA) is 83.8 Å². The highest BCUT2D eigenvalue weighted by atomic mass is 32.2. The van der Waals surface area contributed by atoms with Gasteiger partial charge in [-0.15, -0.1) is 0 Å². The molecule has 2 N–H and O–H groups in total. The maximum Gasteiger partial charge on any atom is 0.294 e. The molecule has 2 atom stereocenters. The number of hydrogen-bond acceptors (Lipinski definition) is 4. The largest absolute Gasteiger partial charge is 0.508 e. The van der Waals surface area contributed by atoms with Crippen molar-refractivity contribution < 1.29 is 22.8 Å². The fourth-order valence-electron chi connectivity index (χ4n) is 4.61. The molecule has 0 saturated heterocycles. The van der Waals surface area contributed by atoms with E-state index in [1.54, 1.807) is 0 Å². The van der Waals surface area contributed by atoms with Crippen LogP contribution in [-0.4, -0.2) is 18.1 Å². The number of hydrogen-bond donors (Lipinski definition) is 2. The maximum atomic E-state index is 11.9. The molecule has 0 radical (unpaired) electrons. The van der Waals surface area contributed by atoms with Gasteiger partial charge in [-0.2, -0.15) is 8.42 Å². The molecule has 5 nitrogen and oxygen atoms in total. The molecular weight excluding hydrogens is 484 g/mol. The third kappa shape index (κ3) is 5.87. The van der Waals surface area contributed by atoms with Gasteiger partial charge < -0.3 is 9.84 Å². The molecule has 4 aromatic rings. The number of aromatic hydroxyl groups is 1. The minimum Gasteiger partial charge on any atom is -0.508 e. The van der Waals surface area contributed by atoms with Gasteiger partial charge in [0.25, 0.3) is 10.1 Å². The summed E-state index contributed by atoms with van der Waals surface area (Å²) in [5.41, 5.74) is 4.05. The van der Waals surface area contributed by atoms with Crippen molar-refractivity contribution >= 4 is 10.1 Å². The van der Waals surface area contributed by atoms with E-state index in [0.717, 1.165) is 17.2 Å². The summed E-state index contributed by atoms with van der Waals surface area (Å²) in [4.78, 5) is -0.309. The minimum absolute atomic E-state index is 0.164. The van der Waals surface area contributed by atoms with Gasteiger partial charge in [0, 0.05) is 17.4 Å². The van der Waals surface area contributed by atoms with E-state index in [9.17, 15) is 18.1 Å². The first-order chi connectivity index (χ1) is 17.5. The Morgan fingerprint density at radius 2 is 1.32 bits per heavy atom. The average Bonchev–Trinajstić information content (AvgIpc) is 2.88. The Balaban J connectivity index is 1.50. The molecule has 0 bridgehead atoms. The highest BCUT2D eigenvalue weighted by Gasteiger charge is 2.30. The summed E-state index contributed by atoms with van der Waals surface area (Å²) in [5, 5.41) is 9.75. The lowest BCUT2D eigenvalue weighted by atomic mass is 9.78. The molecule has 0 aromatic heterocycles. The molecule has 4 aromatic carbocycles. The molecule has 6 heteroatoms. The van der Waals surface area contributed by atoms with Crippen molar-refractivity contribution in [2.24, 2.45) is 0 Å². The molecular formula is C31H32O5S. The Morgan fingerprint density at radius 3 is 1.92 bits per heavy atom. The summed E-state index contributed by atoms with van der Waals surface area (Å²) in [6.07, 6.45) is -0.164. The van der Waals surface area contributed by atoms with Crippen molar-refractivity contribution in [1.29, 1.82) is 0 Å². The molecule has 4 rings (SSSR count). The van der Waals surface area contributed by atoms with E-state index < -0.39 is 15.5 Å². The van der Waals surface area contributed by atoms with Crippen molar-refractivity contribution in [3.05, 3.63) is 125 Å². The van der Waals surface area contributed by atoms with Crippen molar-refractivity contribution in [3.63, 3.8) is 0 Å². The van der Waals surface area contributed by atoms with Crippen LogP contribution in [0.25, 0.3) is 0 Å². The molecule has 0 aliphatic carbocycles. The van der Waals surface area contributed by atoms with Crippen LogP contribution in [0.5, 0.6) is 11.5 Å². The van der Waals surface area contributed by atoms with E-state index in [1.165, 1.54) is 23.3 Å². The average molecular weight is 517 g/mol. The van der Waals surface area contributed by atoms with Crippen LogP contribution in [0.15, 0.2) is 102 Å². The molecule has 37 heavy (non-hydrogen) atoms. The molecule has 0 amide bonds. The maximum absolute atomic E-state index is 11.9. The number of rotatable bonds is 8. The summed E-state index contributed by atoms with van der Waals surface area (Å²) < 4.78 is 39.8. The van der Waals surface area contributed by atoms with Crippen LogP contribution >= 0.6 is 0 Å². The van der Waals surface area contributed by atoms with E-state index in [-0.39, 0.29) is 16.7 Å². The number of phenolic OH excluding ortho intramolecular Hbond substituents is 1. The molecule has 192 valence electrons. The standard InChI is InChI=1S/C31H32O5S/c1-21(23-8-6-5-7-9-23)24-10-12-25(13-11-24)22(2)36-28-17-14-26(15-18-28)31(3,4)29-19-16-27(32)20-30(29)37(33,34)35/h5-22,32H,1-4H3,(H,33,34,35). The predicted molar refractivity (Wildman–Crippen MR) is 146 cm³/mol. The van der Waals surface area contributed by atoms with E-state index >= 15 is 0 Å². The van der Waals surface area contributed by atoms with Crippen LogP contribution in [-0.2, 0) is 15.5 Å². The van der Waals surface area contributed by atoms with Crippen LogP contribution in [0.3, 0.4) is 0 Å². The number of ether oxygens (including phenoxy) is 1. The highest BCUT2D eigenvalue weighted by molar-refractivity contribution is 7.85. The van der Waals surface area contributed by atoms with Gasteiger partial charge in [-0.25, -0.2) is 0 Å². The van der Waals surface area contributed by atoms with Gasteiger partial charge in [0.1, 0.15) is 22.5 Å². The van der Waals surface area contributed by atoms with E-state index in [2.05, 4.69) is 55.5 Å². The van der Waals surface area contributed by atoms with Gasteiger partial charge in [-0.1, -0.05) is 93.6 Å². The van der Waals surface area contributed by atoms with Gasteiger partial charge in [0.2, 0.25) is 0 Å². The fraction of sp³-hybridized carbons (Fsp3) is 0.226. The van der Waals surface area contributed by atoms with Crippen LogP contribution in [0.2, 0.25) is 0 Å². The van der Waals surface area contributed by atoms with E-state index in [0.29, 0.717) is 17.2 Å². The van der Waals surface area contributed by atoms with Crippen LogP contribution in [0, 0.1) is 0 Å². The van der Waals surface area contributed by atoms with Crippen LogP contribution in [0.1, 0.15) is 67.5 Å². The zero-order valence-electron chi connectivity index (χ0n) is 21.4. The summed E-state index contributed by atoms with van der Waals surface area (Å²) in [6.45, 7) is 7.93. The Hall–Kier alpha value is -3.61. The van der Waals surface area contributed by atoms with Gasteiger partial charge >= 0.3 is 0 Å². The summed E-state index contributed by atoms with van der Waals surface area (Å²) >= 11 is 0. The van der Waals surface area contributed by atoms with Crippen LogP contribution < -0.4 is 4.74 Å². The Kier molecular flexibility index (Phi) is 7.44. The monoisotopic (exact) mass is 516 g/mol. The second-order valence-corrected chi connectivity index (χ2v) is 11.3. The Labute approximate surface area is 219 Å². The zero-order chi connectivity index (χ0) is 26.8. The third-order valence-electron chi connectivity index (χ3n) is 7.01. The first-order valence-electron chi connectivity index (χ1n) is 12.2. The quantitative estimate of drug-likeness (QED) is 0.241. The first-order valence-corrected chi connectivity index (χ1v) is 13.6. The van der Waals surface area contributed by atoms with Crippen molar-refractivity contribution in [1.82, 2.24) is 0 Å². The lowest BCUT2D eigenvalue weighted by Crippen LogP contribution is -2.22. The second kappa shape index (κ2) is 10.4. The fourth-order valence-corrected chi connectivity index (χ4v) is 5.48. The van der Waals surface area contributed by atoms with Gasteiger partial charge in [0.15, 0.2) is 0 Å². The number of benzene rings is 4. The zero-order valence-corrected chi connectivity index (χ0v) is 22.2. The van der Waals surface area contributed by atoms with Crippen molar-refractivity contribution in [3.8, 4) is 11.5 Å². The first kappa shape index (κ1) is 26.5.